The molecule has 0 fully saturated rings. The van der Waals surface area contributed by atoms with Crippen LogP contribution in [0.3, 0.4) is 0 Å². The molecule has 0 saturated carbocycles. The fourth-order valence-corrected chi connectivity index (χ4v) is 1.68. The quantitative estimate of drug-likeness (QED) is 0.746. The van der Waals surface area contributed by atoms with Crippen LogP contribution in [0.5, 0.6) is 0 Å². The van der Waals surface area contributed by atoms with Gasteiger partial charge in [-0.2, -0.15) is 5.10 Å². The Hall–Kier alpha value is -2.90. The van der Waals surface area contributed by atoms with E-state index in [-0.39, 0.29) is 17.6 Å². The Bertz CT molecular complexity index is 687. The van der Waals surface area contributed by atoms with Crippen LogP contribution in [0.25, 0.3) is 11.5 Å². The van der Waals surface area contributed by atoms with Gasteiger partial charge in [0.2, 0.25) is 5.76 Å². The number of carbonyl (C=O) groups is 1. The average molecular weight is 273 g/mol. The van der Waals surface area contributed by atoms with Gasteiger partial charge in [0.1, 0.15) is 12.2 Å². The van der Waals surface area contributed by atoms with E-state index in [1.807, 2.05) is 0 Å². The SMILES string of the molecule is CC(NC(=O)c1cc(-c2ccco2)on1)c1ncn[nH]1. The molecule has 3 heterocycles. The highest BCUT2D eigenvalue weighted by Crippen LogP contribution is 2.20. The summed E-state index contributed by atoms with van der Waals surface area (Å²) in [6, 6.07) is 4.65. The van der Waals surface area contributed by atoms with Crippen molar-refractivity contribution >= 4 is 5.91 Å². The summed E-state index contributed by atoms with van der Waals surface area (Å²) in [5.74, 6) is 1.11. The van der Waals surface area contributed by atoms with Crippen LogP contribution < -0.4 is 5.32 Å². The molecule has 0 saturated heterocycles. The van der Waals surface area contributed by atoms with Crippen molar-refractivity contribution in [1.29, 1.82) is 0 Å². The molecule has 0 aliphatic heterocycles. The fraction of sp³-hybridized carbons (Fsp3) is 0.167. The lowest BCUT2D eigenvalue weighted by molar-refractivity contribution is 0.0929. The Morgan fingerprint density at radius 1 is 1.45 bits per heavy atom. The van der Waals surface area contributed by atoms with Crippen molar-refractivity contribution in [3.05, 3.63) is 42.3 Å². The summed E-state index contributed by atoms with van der Waals surface area (Å²) in [7, 11) is 0. The molecule has 8 nitrogen and oxygen atoms in total. The molecule has 0 aliphatic carbocycles. The highest BCUT2D eigenvalue weighted by Gasteiger charge is 2.18. The van der Waals surface area contributed by atoms with Crippen molar-refractivity contribution in [1.82, 2.24) is 25.7 Å². The van der Waals surface area contributed by atoms with E-state index in [1.54, 1.807) is 19.1 Å². The minimum absolute atomic E-state index is 0.169. The zero-order chi connectivity index (χ0) is 13.9. The maximum Gasteiger partial charge on any atom is 0.274 e. The summed E-state index contributed by atoms with van der Waals surface area (Å²) in [4.78, 5) is 16.0. The molecule has 0 radical (unpaired) electrons. The second kappa shape index (κ2) is 5.00. The van der Waals surface area contributed by atoms with Crippen molar-refractivity contribution in [3.8, 4) is 11.5 Å². The van der Waals surface area contributed by atoms with E-state index in [0.29, 0.717) is 17.3 Å². The first-order chi connectivity index (χ1) is 9.74. The molecule has 1 amide bonds. The molecule has 3 rings (SSSR count). The maximum absolute atomic E-state index is 12.0. The number of hydrogen-bond donors (Lipinski definition) is 2. The van der Waals surface area contributed by atoms with Crippen LogP contribution in [-0.2, 0) is 0 Å². The van der Waals surface area contributed by atoms with Crippen LogP contribution in [0.4, 0.5) is 0 Å². The lowest BCUT2D eigenvalue weighted by atomic mass is 10.2. The number of hydrogen-bond acceptors (Lipinski definition) is 6. The van der Waals surface area contributed by atoms with Crippen molar-refractivity contribution in [3.63, 3.8) is 0 Å². The van der Waals surface area contributed by atoms with Crippen molar-refractivity contribution in [2.24, 2.45) is 0 Å². The Morgan fingerprint density at radius 3 is 3.05 bits per heavy atom. The smallest absolute Gasteiger partial charge is 0.274 e. The van der Waals surface area contributed by atoms with Gasteiger partial charge < -0.3 is 14.3 Å². The number of aromatic nitrogens is 4. The van der Waals surface area contributed by atoms with Crippen molar-refractivity contribution in [2.75, 3.05) is 0 Å². The van der Waals surface area contributed by atoms with Gasteiger partial charge in [-0.15, -0.1) is 0 Å². The van der Waals surface area contributed by atoms with E-state index in [1.165, 1.54) is 18.7 Å². The van der Waals surface area contributed by atoms with Gasteiger partial charge in [-0.3, -0.25) is 9.89 Å². The average Bonchev–Trinajstić information content (AvgIpc) is 3.19. The standard InChI is InChI=1S/C12H11N5O3/c1-7(11-13-6-14-16-11)15-12(18)8-5-10(20-17-8)9-3-2-4-19-9/h2-7H,1H3,(H,15,18)(H,13,14,16). The van der Waals surface area contributed by atoms with Gasteiger partial charge in [0.15, 0.2) is 11.5 Å². The molecule has 3 aromatic rings. The van der Waals surface area contributed by atoms with Gasteiger partial charge in [-0.1, -0.05) is 5.16 Å². The highest BCUT2D eigenvalue weighted by molar-refractivity contribution is 5.93. The van der Waals surface area contributed by atoms with E-state index in [4.69, 9.17) is 8.94 Å². The second-order valence-electron chi connectivity index (χ2n) is 4.12. The van der Waals surface area contributed by atoms with Crippen LogP contribution in [0, 0.1) is 0 Å². The zero-order valence-corrected chi connectivity index (χ0v) is 10.5. The van der Waals surface area contributed by atoms with Crippen LogP contribution in [0.2, 0.25) is 0 Å². The lowest BCUT2D eigenvalue weighted by Gasteiger charge is -2.08. The Kier molecular flexibility index (Phi) is 3.04. The topological polar surface area (TPSA) is 110 Å². The molecule has 1 atom stereocenters. The maximum atomic E-state index is 12.0. The summed E-state index contributed by atoms with van der Waals surface area (Å²) in [6.45, 7) is 1.78. The molecular formula is C12H11N5O3. The molecule has 8 heteroatoms. The molecule has 1 unspecified atom stereocenters. The van der Waals surface area contributed by atoms with Gasteiger partial charge >= 0.3 is 0 Å². The number of furan rings is 1. The van der Waals surface area contributed by atoms with Gasteiger partial charge in [-0.05, 0) is 19.1 Å². The highest BCUT2D eigenvalue weighted by atomic mass is 16.5. The van der Waals surface area contributed by atoms with Gasteiger partial charge in [-0.25, -0.2) is 4.98 Å². The number of aromatic amines is 1. The zero-order valence-electron chi connectivity index (χ0n) is 10.5. The molecule has 102 valence electrons. The second-order valence-corrected chi connectivity index (χ2v) is 4.12. The number of rotatable bonds is 4. The number of carbonyl (C=O) groups excluding carboxylic acids is 1. The largest absolute Gasteiger partial charge is 0.461 e. The van der Waals surface area contributed by atoms with Crippen LogP contribution >= 0.6 is 0 Å². The Labute approximate surface area is 113 Å². The first-order valence-corrected chi connectivity index (χ1v) is 5.91. The normalized spacial score (nSPS) is 12.2. The number of H-pyrrole nitrogens is 1. The summed E-state index contributed by atoms with van der Waals surface area (Å²) in [5.41, 5.74) is 0.169. The molecule has 0 bridgehead atoms. The molecule has 2 N–H and O–H groups in total. The Morgan fingerprint density at radius 2 is 2.35 bits per heavy atom. The van der Waals surface area contributed by atoms with Gasteiger partial charge in [0, 0.05) is 6.07 Å². The lowest BCUT2D eigenvalue weighted by Crippen LogP contribution is -2.27. The fourth-order valence-electron chi connectivity index (χ4n) is 1.68. The summed E-state index contributed by atoms with van der Waals surface area (Å²) in [6.07, 6.45) is 2.90. The van der Waals surface area contributed by atoms with Crippen LogP contribution in [0.1, 0.15) is 29.3 Å². The summed E-state index contributed by atoms with van der Waals surface area (Å²) < 4.78 is 10.2. The third-order valence-corrected chi connectivity index (χ3v) is 2.70. The molecule has 0 aliphatic rings. The van der Waals surface area contributed by atoms with E-state index < -0.39 is 0 Å². The predicted molar refractivity (Wildman–Crippen MR) is 66.5 cm³/mol. The van der Waals surface area contributed by atoms with Crippen LogP contribution in [0.15, 0.2) is 39.7 Å². The number of nitrogens with one attached hydrogen (secondary N) is 2. The van der Waals surface area contributed by atoms with E-state index >= 15 is 0 Å². The minimum Gasteiger partial charge on any atom is -0.461 e. The van der Waals surface area contributed by atoms with Crippen molar-refractivity contribution < 1.29 is 13.7 Å². The van der Waals surface area contributed by atoms with Gasteiger partial charge in [0.25, 0.3) is 5.91 Å². The first kappa shape index (κ1) is 12.2. The minimum atomic E-state index is -0.365. The summed E-state index contributed by atoms with van der Waals surface area (Å²) in [5, 5.41) is 12.9. The monoisotopic (exact) mass is 273 g/mol. The molecule has 0 aromatic carbocycles. The Balaban J connectivity index is 1.72. The summed E-state index contributed by atoms with van der Waals surface area (Å²) >= 11 is 0. The molecular weight excluding hydrogens is 262 g/mol. The number of amides is 1. The van der Waals surface area contributed by atoms with E-state index in [2.05, 4.69) is 25.7 Å². The van der Waals surface area contributed by atoms with Crippen LogP contribution in [-0.4, -0.2) is 26.2 Å². The van der Waals surface area contributed by atoms with Crippen molar-refractivity contribution in [2.45, 2.75) is 13.0 Å². The van der Waals surface area contributed by atoms with E-state index in [9.17, 15) is 4.79 Å². The van der Waals surface area contributed by atoms with E-state index in [0.717, 1.165) is 0 Å². The third-order valence-electron chi connectivity index (χ3n) is 2.70. The van der Waals surface area contributed by atoms with Gasteiger partial charge in [0.05, 0.1) is 12.3 Å². The first-order valence-electron chi connectivity index (χ1n) is 5.91. The molecule has 3 aromatic heterocycles. The number of nitrogens with zero attached hydrogens (tertiary/aromatic N) is 3. The third kappa shape index (κ3) is 2.30. The molecule has 20 heavy (non-hydrogen) atoms. The predicted octanol–water partition coefficient (Wildman–Crippen LogP) is 1.54. The molecule has 0 spiro atoms.